The Hall–Kier alpha value is -2.56. The lowest BCUT2D eigenvalue weighted by Crippen LogP contribution is -2.26. The number of aromatic hydroxyl groups is 2. The molecule has 2 rings (SSSR count). The van der Waals surface area contributed by atoms with Crippen LogP contribution in [0.25, 0.3) is 0 Å². The van der Waals surface area contributed by atoms with E-state index in [1.807, 2.05) is 6.07 Å². The molecule has 0 saturated carbocycles. The van der Waals surface area contributed by atoms with E-state index in [9.17, 15) is 15.0 Å². The minimum Gasteiger partial charge on any atom is -0.508 e. The molecule has 98 valence electrons. The summed E-state index contributed by atoms with van der Waals surface area (Å²) in [6, 6.07) is 7.49. The van der Waals surface area contributed by atoms with E-state index in [1.54, 1.807) is 25.5 Å². The van der Waals surface area contributed by atoms with E-state index < -0.39 is 0 Å². The Morgan fingerprint density at radius 1 is 1.26 bits per heavy atom. The Morgan fingerprint density at radius 2 is 1.95 bits per heavy atom. The minimum atomic E-state index is -0.282. The van der Waals surface area contributed by atoms with Crippen molar-refractivity contribution in [1.29, 1.82) is 0 Å². The van der Waals surface area contributed by atoms with E-state index in [2.05, 4.69) is 4.98 Å². The number of aromatic nitrogens is 1. The highest BCUT2D eigenvalue weighted by Crippen LogP contribution is 2.21. The third-order valence-corrected chi connectivity index (χ3v) is 2.64. The predicted octanol–water partition coefficient (Wildman–Crippen LogP) is 1.77. The van der Waals surface area contributed by atoms with Crippen LogP contribution < -0.4 is 0 Å². The van der Waals surface area contributed by atoms with Crippen LogP contribution >= 0.6 is 0 Å². The maximum Gasteiger partial charge on any atom is 0.254 e. The summed E-state index contributed by atoms with van der Waals surface area (Å²) in [5, 5.41) is 18.7. The van der Waals surface area contributed by atoms with Gasteiger partial charge in [0.25, 0.3) is 5.91 Å². The summed E-state index contributed by atoms with van der Waals surface area (Å²) in [4.78, 5) is 17.6. The molecule has 5 nitrogen and oxygen atoms in total. The molecular weight excluding hydrogens is 244 g/mol. The molecule has 2 N–H and O–H groups in total. The first-order valence-corrected chi connectivity index (χ1v) is 5.73. The summed E-state index contributed by atoms with van der Waals surface area (Å²) in [6.07, 6.45) is 3.35. The van der Waals surface area contributed by atoms with Gasteiger partial charge in [0.2, 0.25) is 0 Å². The first-order chi connectivity index (χ1) is 9.06. The minimum absolute atomic E-state index is 0.141. The Balaban J connectivity index is 2.15. The average Bonchev–Trinajstić information content (AvgIpc) is 2.37. The Morgan fingerprint density at radius 3 is 2.53 bits per heavy atom. The largest absolute Gasteiger partial charge is 0.508 e. The second-order valence-corrected chi connectivity index (χ2v) is 4.26. The van der Waals surface area contributed by atoms with Gasteiger partial charge in [-0.25, -0.2) is 0 Å². The molecular formula is C14H14N2O3. The van der Waals surface area contributed by atoms with Gasteiger partial charge in [0.15, 0.2) is 0 Å². The molecule has 0 atom stereocenters. The third kappa shape index (κ3) is 3.22. The second kappa shape index (κ2) is 5.39. The van der Waals surface area contributed by atoms with Gasteiger partial charge < -0.3 is 15.1 Å². The van der Waals surface area contributed by atoms with Gasteiger partial charge in [-0.05, 0) is 23.8 Å². The molecule has 1 heterocycles. The summed E-state index contributed by atoms with van der Waals surface area (Å²) in [6.45, 7) is 0.406. The first-order valence-electron chi connectivity index (χ1n) is 5.73. The fourth-order valence-corrected chi connectivity index (χ4v) is 1.78. The molecule has 0 aliphatic carbocycles. The molecule has 0 fully saturated rings. The monoisotopic (exact) mass is 258 g/mol. The van der Waals surface area contributed by atoms with Gasteiger partial charge in [0.05, 0.1) is 0 Å². The van der Waals surface area contributed by atoms with Crippen molar-refractivity contribution in [2.45, 2.75) is 6.54 Å². The van der Waals surface area contributed by atoms with Gasteiger partial charge in [0, 0.05) is 37.6 Å². The third-order valence-electron chi connectivity index (χ3n) is 2.64. The smallest absolute Gasteiger partial charge is 0.254 e. The molecule has 0 unspecified atom stereocenters. The van der Waals surface area contributed by atoms with Gasteiger partial charge in [-0.15, -0.1) is 0 Å². The maximum atomic E-state index is 12.1. The number of rotatable bonds is 3. The molecule has 2 aromatic rings. The lowest BCUT2D eigenvalue weighted by molar-refractivity contribution is 0.0784. The maximum absolute atomic E-state index is 12.1. The van der Waals surface area contributed by atoms with E-state index in [0.717, 1.165) is 5.56 Å². The van der Waals surface area contributed by atoms with Gasteiger partial charge in [-0.1, -0.05) is 6.07 Å². The summed E-state index contributed by atoms with van der Waals surface area (Å²) >= 11 is 0. The van der Waals surface area contributed by atoms with Crippen molar-refractivity contribution in [3.8, 4) is 11.5 Å². The number of pyridine rings is 1. The van der Waals surface area contributed by atoms with E-state index >= 15 is 0 Å². The quantitative estimate of drug-likeness (QED) is 0.879. The Labute approximate surface area is 110 Å². The number of benzene rings is 1. The number of hydrogen-bond acceptors (Lipinski definition) is 4. The van der Waals surface area contributed by atoms with Crippen LogP contribution in [0, 0.1) is 0 Å². The molecule has 0 radical (unpaired) electrons. The lowest BCUT2D eigenvalue weighted by Gasteiger charge is -2.17. The topological polar surface area (TPSA) is 73.7 Å². The summed E-state index contributed by atoms with van der Waals surface area (Å²) in [5.41, 5.74) is 1.15. The van der Waals surface area contributed by atoms with Crippen molar-refractivity contribution >= 4 is 5.91 Å². The van der Waals surface area contributed by atoms with Crippen molar-refractivity contribution < 1.29 is 15.0 Å². The highest BCUT2D eigenvalue weighted by molar-refractivity contribution is 5.94. The van der Waals surface area contributed by atoms with E-state index in [0.29, 0.717) is 6.54 Å². The van der Waals surface area contributed by atoms with Crippen molar-refractivity contribution in [1.82, 2.24) is 9.88 Å². The zero-order chi connectivity index (χ0) is 13.8. The number of carbonyl (C=O) groups excluding carboxylic acids is 1. The summed E-state index contributed by atoms with van der Waals surface area (Å²) in [5.74, 6) is -0.564. The van der Waals surface area contributed by atoms with Crippen LogP contribution in [0.3, 0.4) is 0 Å². The first kappa shape index (κ1) is 12.9. The molecule has 0 aliphatic rings. The Bertz CT molecular complexity index is 564. The van der Waals surface area contributed by atoms with Crippen LogP contribution in [0.1, 0.15) is 15.9 Å². The van der Waals surface area contributed by atoms with Gasteiger partial charge in [-0.2, -0.15) is 0 Å². The van der Waals surface area contributed by atoms with E-state index in [1.165, 1.54) is 23.1 Å². The van der Waals surface area contributed by atoms with Gasteiger partial charge >= 0.3 is 0 Å². The molecule has 1 aromatic heterocycles. The van der Waals surface area contributed by atoms with Crippen molar-refractivity contribution in [2.24, 2.45) is 0 Å². The van der Waals surface area contributed by atoms with Crippen molar-refractivity contribution in [3.63, 3.8) is 0 Å². The molecule has 0 bridgehead atoms. The zero-order valence-corrected chi connectivity index (χ0v) is 10.4. The van der Waals surface area contributed by atoms with Crippen LogP contribution in [-0.2, 0) is 6.54 Å². The highest BCUT2D eigenvalue weighted by Gasteiger charge is 2.13. The van der Waals surface area contributed by atoms with Crippen LogP contribution in [0.4, 0.5) is 0 Å². The number of phenolic OH excluding ortho intramolecular Hbond substituents is 2. The second-order valence-electron chi connectivity index (χ2n) is 4.26. The van der Waals surface area contributed by atoms with E-state index in [-0.39, 0.29) is 23.0 Å². The highest BCUT2D eigenvalue weighted by atomic mass is 16.3. The molecule has 1 amide bonds. The molecule has 0 aliphatic heterocycles. The molecule has 19 heavy (non-hydrogen) atoms. The fourth-order valence-electron chi connectivity index (χ4n) is 1.78. The normalized spacial score (nSPS) is 10.2. The molecule has 1 aromatic carbocycles. The Kier molecular flexibility index (Phi) is 3.66. The lowest BCUT2D eigenvalue weighted by atomic mass is 10.1. The standard InChI is InChI=1S/C14H14N2O3/c1-16(9-10-3-2-4-15-8-10)14(19)11-5-12(17)7-13(18)6-11/h2-8,17-18H,9H2,1H3. The SMILES string of the molecule is CN(Cc1cccnc1)C(=O)c1cc(O)cc(O)c1. The van der Waals surface area contributed by atoms with E-state index in [4.69, 9.17) is 0 Å². The van der Waals surface area contributed by atoms with Crippen molar-refractivity contribution in [2.75, 3.05) is 7.05 Å². The van der Waals surface area contributed by atoms with Crippen LogP contribution in [-0.4, -0.2) is 33.1 Å². The fraction of sp³-hybridized carbons (Fsp3) is 0.143. The summed E-state index contributed by atoms with van der Waals surface area (Å²) in [7, 11) is 1.65. The molecule has 0 spiro atoms. The van der Waals surface area contributed by atoms with Crippen LogP contribution in [0.5, 0.6) is 11.5 Å². The molecule has 0 saturated heterocycles. The number of nitrogens with zero attached hydrogens (tertiary/aromatic N) is 2. The zero-order valence-electron chi connectivity index (χ0n) is 10.4. The number of carbonyl (C=O) groups is 1. The average molecular weight is 258 g/mol. The van der Waals surface area contributed by atoms with Crippen molar-refractivity contribution in [3.05, 3.63) is 53.9 Å². The molecule has 5 heteroatoms. The summed E-state index contributed by atoms with van der Waals surface area (Å²) < 4.78 is 0. The van der Waals surface area contributed by atoms with Gasteiger partial charge in [-0.3, -0.25) is 9.78 Å². The number of amides is 1. The number of hydrogen-bond donors (Lipinski definition) is 2. The van der Waals surface area contributed by atoms with Crippen LogP contribution in [0.15, 0.2) is 42.7 Å². The predicted molar refractivity (Wildman–Crippen MR) is 69.8 cm³/mol. The number of phenols is 2. The van der Waals surface area contributed by atoms with Gasteiger partial charge in [0.1, 0.15) is 11.5 Å². The van der Waals surface area contributed by atoms with Crippen LogP contribution in [0.2, 0.25) is 0 Å².